The minimum Gasteiger partial charge on any atom is -0.313 e. The Morgan fingerprint density at radius 3 is 3.09 bits per heavy atom. The zero-order chi connectivity index (χ0) is 16.7. The van der Waals surface area contributed by atoms with Gasteiger partial charge in [-0.15, -0.1) is 0 Å². The second kappa shape index (κ2) is 8.19. The fraction of sp³-hybridized carbons (Fsp3) is 0.267. The Kier molecular flexibility index (Phi) is 5.99. The molecule has 8 heteroatoms. The maximum atomic E-state index is 12.2. The van der Waals surface area contributed by atoms with Crippen molar-refractivity contribution in [2.75, 3.05) is 18.5 Å². The molecule has 2 rings (SSSR count). The van der Waals surface area contributed by atoms with E-state index in [1.54, 1.807) is 42.6 Å². The highest BCUT2D eigenvalue weighted by atomic mass is 35.5. The lowest BCUT2D eigenvalue weighted by molar-refractivity contribution is -0.118. The van der Waals surface area contributed by atoms with Crippen LogP contribution in [0, 0.1) is 5.41 Å². The number of rotatable bonds is 7. The normalized spacial score (nSPS) is 10.9. The number of nitrogens with one attached hydrogen (secondary N) is 1. The van der Waals surface area contributed by atoms with Crippen molar-refractivity contribution in [3.05, 3.63) is 35.9 Å². The number of carbonyl (C=O) groups excluding carboxylic acids is 1. The van der Waals surface area contributed by atoms with Crippen LogP contribution in [0.15, 0.2) is 35.7 Å². The average molecular weight is 333 g/mol. The first-order chi connectivity index (χ1) is 11.1. The van der Waals surface area contributed by atoms with E-state index in [0.717, 1.165) is 5.69 Å². The number of pyridine rings is 1. The van der Waals surface area contributed by atoms with E-state index in [0.29, 0.717) is 18.7 Å². The molecule has 2 aromatic heterocycles. The minimum absolute atomic E-state index is 0.107. The van der Waals surface area contributed by atoms with Gasteiger partial charge >= 0.3 is 0 Å². The van der Waals surface area contributed by atoms with Gasteiger partial charge in [-0.1, -0.05) is 11.6 Å². The molecule has 0 bridgehead atoms. The zero-order valence-corrected chi connectivity index (χ0v) is 13.4. The van der Waals surface area contributed by atoms with Gasteiger partial charge < -0.3 is 10.3 Å². The molecular weight excluding hydrogens is 316 g/mol. The lowest BCUT2D eigenvalue weighted by atomic mass is 10.3. The monoisotopic (exact) mass is 332 g/mol. The van der Waals surface area contributed by atoms with E-state index in [9.17, 15) is 4.79 Å². The van der Waals surface area contributed by atoms with Gasteiger partial charge in [-0.3, -0.25) is 14.8 Å². The smallest absolute Gasteiger partial charge is 0.228 e. The van der Waals surface area contributed by atoms with Crippen molar-refractivity contribution in [1.82, 2.24) is 14.8 Å². The van der Waals surface area contributed by atoms with Crippen LogP contribution in [0.4, 0.5) is 5.69 Å². The summed E-state index contributed by atoms with van der Waals surface area (Å²) in [6.45, 7) is 0.380. The lowest BCUT2D eigenvalue weighted by Gasteiger charge is -2.14. The summed E-state index contributed by atoms with van der Waals surface area (Å²) in [5.74, 6) is -0.107. The van der Waals surface area contributed by atoms with Gasteiger partial charge in [-0.25, -0.2) is 4.68 Å². The van der Waals surface area contributed by atoms with Crippen LogP contribution in [-0.4, -0.2) is 46.7 Å². The first-order valence-corrected chi connectivity index (χ1v) is 7.40. The number of nitrogens with zero attached hydrogens (tertiary/aromatic N) is 5. The van der Waals surface area contributed by atoms with Crippen molar-refractivity contribution in [3.8, 4) is 5.69 Å². The molecule has 0 fully saturated rings. The summed E-state index contributed by atoms with van der Waals surface area (Å²) in [6.07, 6.45) is 8.64. The summed E-state index contributed by atoms with van der Waals surface area (Å²) in [7, 11) is 1.65. The van der Waals surface area contributed by atoms with E-state index >= 15 is 0 Å². The highest BCUT2D eigenvalue weighted by Gasteiger charge is 2.17. The van der Waals surface area contributed by atoms with Gasteiger partial charge in [-0.2, -0.15) is 5.10 Å². The first-order valence-electron chi connectivity index (χ1n) is 7.03. The number of amides is 1. The average Bonchev–Trinajstić information content (AvgIpc) is 2.96. The largest absolute Gasteiger partial charge is 0.313 e. The van der Waals surface area contributed by atoms with E-state index in [-0.39, 0.29) is 17.5 Å². The molecule has 0 spiro atoms. The Labute approximate surface area is 139 Å². The number of anilines is 1. The van der Waals surface area contributed by atoms with Gasteiger partial charge in [0.1, 0.15) is 5.69 Å². The van der Waals surface area contributed by atoms with E-state index in [2.05, 4.69) is 15.1 Å². The first kappa shape index (κ1) is 16.8. The molecule has 120 valence electrons. The minimum atomic E-state index is -0.107. The van der Waals surface area contributed by atoms with Gasteiger partial charge in [0.15, 0.2) is 5.15 Å². The summed E-state index contributed by atoms with van der Waals surface area (Å²) >= 11 is 6.14. The highest BCUT2D eigenvalue weighted by molar-refractivity contribution is 6.32. The SMILES string of the molecule is CN(C(=O)CCN=CCC=N)c1cn(-c2cccnc2)nc1Cl. The number of aliphatic imine (C=N–C) groups is 1. The Morgan fingerprint density at radius 2 is 2.39 bits per heavy atom. The van der Waals surface area contributed by atoms with Crippen molar-refractivity contribution in [2.45, 2.75) is 12.8 Å². The van der Waals surface area contributed by atoms with Gasteiger partial charge in [-0.05, 0) is 12.1 Å². The van der Waals surface area contributed by atoms with Gasteiger partial charge in [0.25, 0.3) is 0 Å². The molecular formula is C15H17ClN6O. The van der Waals surface area contributed by atoms with Crippen LogP contribution in [0.1, 0.15) is 12.8 Å². The topological polar surface area (TPSA) is 87.2 Å². The third-order valence-electron chi connectivity index (χ3n) is 3.10. The quantitative estimate of drug-likeness (QED) is 0.790. The van der Waals surface area contributed by atoms with Crippen molar-refractivity contribution < 1.29 is 4.79 Å². The molecule has 0 aliphatic heterocycles. The Hall–Kier alpha value is -2.54. The van der Waals surface area contributed by atoms with E-state index in [4.69, 9.17) is 17.0 Å². The van der Waals surface area contributed by atoms with E-state index in [1.807, 2.05) is 6.07 Å². The number of hydrogen-bond acceptors (Lipinski definition) is 5. The lowest BCUT2D eigenvalue weighted by Crippen LogP contribution is -2.26. The highest BCUT2D eigenvalue weighted by Crippen LogP contribution is 2.25. The Balaban J connectivity index is 2.04. The predicted octanol–water partition coefficient (Wildman–Crippen LogP) is 2.38. The molecule has 0 atom stereocenters. The van der Waals surface area contributed by atoms with Gasteiger partial charge in [0.05, 0.1) is 18.1 Å². The number of carbonyl (C=O) groups is 1. The molecule has 0 saturated heterocycles. The van der Waals surface area contributed by atoms with E-state index < -0.39 is 0 Å². The predicted molar refractivity (Wildman–Crippen MR) is 91.2 cm³/mol. The third kappa shape index (κ3) is 4.46. The molecule has 0 saturated carbocycles. The van der Waals surface area contributed by atoms with Gasteiger partial charge in [0.2, 0.25) is 5.91 Å². The van der Waals surface area contributed by atoms with Crippen molar-refractivity contribution >= 4 is 35.6 Å². The number of aromatic nitrogens is 3. The molecule has 0 unspecified atom stereocenters. The molecule has 0 aliphatic carbocycles. The van der Waals surface area contributed by atoms with Crippen LogP contribution in [0.2, 0.25) is 5.15 Å². The number of halogens is 1. The fourth-order valence-electron chi connectivity index (χ4n) is 1.87. The Morgan fingerprint density at radius 1 is 1.57 bits per heavy atom. The van der Waals surface area contributed by atoms with Crippen LogP contribution in [-0.2, 0) is 4.79 Å². The third-order valence-corrected chi connectivity index (χ3v) is 3.37. The molecule has 0 aromatic carbocycles. The summed E-state index contributed by atoms with van der Waals surface area (Å²) in [4.78, 5) is 21.7. The van der Waals surface area contributed by atoms with Crippen LogP contribution >= 0.6 is 11.6 Å². The second-order valence-corrected chi connectivity index (χ2v) is 5.05. The molecule has 0 radical (unpaired) electrons. The van der Waals surface area contributed by atoms with E-state index in [1.165, 1.54) is 11.1 Å². The van der Waals surface area contributed by atoms with Crippen LogP contribution < -0.4 is 4.90 Å². The molecule has 2 aromatic rings. The molecule has 23 heavy (non-hydrogen) atoms. The van der Waals surface area contributed by atoms with Crippen LogP contribution in [0.25, 0.3) is 5.69 Å². The molecule has 7 nitrogen and oxygen atoms in total. The second-order valence-electron chi connectivity index (χ2n) is 4.69. The molecule has 2 heterocycles. The summed E-state index contributed by atoms with van der Waals surface area (Å²) in [5.41, 5.74) is 1.29. The molecule has 1 N–H and O–H groups in total. The van der Waals surface area contributed by atoms with Crippen molar-refractivity contribution in [1.29, 1.82) is 5.41 Å². The van der Waals surface area contributed by atoms with Crippen LogP contribution in [0.5, 0.6) is 0 Å². The number of hydrogen-bond donors (Lipinski definition) is 1. The maximum Gasteiger partial charge on any atom is 0.228 e. The molecule has 0 aliphatic rings. The van der Waals surface area contributed by atoms with Crippen molar-refractivity contribution in [3.63, 3.8) is 0 Å². The fourth-order valence-corrected chi connectivity index (χ4v) is 2.13. The zero-order valence-electron chi connectivity index (χ0n) is 12.7. The Bertz CT molecular complexity index is 697. The summed E-state index contributed by atoms with van der Waals surface area (Å²) < 4.78 is 1.58. The molecule has 1 amide bonds. The van der Waals surface area contributed by atoms with Gasteiger partial charge in [0, 0.05) is 45.1 Å². The van der Waals surface area contributed by atoms with Crippen molar-refractivity contribution in [2.24, 2.45) is 4.99 Å². The maximum absolute atomic E-state index is 12.2. The summed E-state index contributed by atoms with van der Waals surface area (Å²) in [5, 5.41) is 11.3. The van der Waals surface area contributed by atoms with Crippen LogP contribution in [0.3, 0.4) is 0 Å². The standard InChI is InChI=1S/C15H17ClN6O/c1-21(14(23)5-9-18-8-3-6-17)13-11-22(20-15(13)16)12-4-2-7-19-10-12/h2,4,6-8,10-11,17H,3,5,9H2,1H3. The summed E-state index contributed by atoms with van der Waals surface area (Å²) in [6, 6.07) is 3.64.